The lowest BCUT2D eigenvalue weighted by molar-refractivity contribution is -0.687. The summed E-state index contributed by atoms with van der Waals surface area (Å²) >= 11 is 0. The molecule has 0 aliphatic heterocycles. The highest BCUT2D eigenvalue weighted by atomic mass is 15.1. The van der Waals surface area contributed by atoms with Gasteiger partial charge in [-0.25, -0.2) is 9.13 Å². The lowest BCUT2D eigenvalue weighted by Gasteiger charge is -2.36. The molecule has 0 aliphatic rings. The van der Waals surface area contributed by atoms with Crippen molar-refractivity contribution in [1.82, 2.24) is 4.57 Å². The molecule has 2 nitrogen and oxygen atoms in total. The normalized spacial score (nSPS) is 13.8. The Kier molecular flexibility index (Phi) is 6.71. The smallest absolute Gasteiger partial charge is 0.237 e. The zero-order chi connectivity index (χ0) is 19.4. The molecule has 0 saturated heterocycles. The van der Waals surface area contributed by atoms with Crippen LogP contribution < -0.4 is 4.57 Å². The van der Waals surface area contributed by atoms with Crippen molar-refractivity contribution in [2.24, 2.45) is 10.8 Å². The van der Waals surface area contributed by atoms with E-state index >= 15 is 0 Å². The van der Waals surface area contributed by atoms with Crippen molar-refractivity contribution in [3.8, 4) is 0 Å². The molecule has 1 atom stereocenters. The van der Waals surface area contributed by atoms with Gasteiger partial charge in [0.15, 0.2) is 0 Å². The Balaban J connectivity index is 2.09. The van der Waals surface area contributed by atoms with Crippen molar-refractivity contribution in [2.75, 3.05) is 0 Å². The van der Waals surface area contributed by atoms with E-state index in [1.54, 1.807) is 0 Å². The number of aryl methyl sites for hydroxylation is 1. The van der Waals surface area contributed by atoms with Gasteiger partial charge in [-0.2, -0.15) is 0 Å². The zero-order valence-corrected chi connectivity index (χ0v) is 18.0. The molecule has 1 aromatic heterocycles. The van der Waals surface area contributed by atoms with E-state index in [2.05, 4.69) is 101 Å². The molecule has 0 N–H and O–H groups in total. The SMILES string of the molecule is CCCCn1cc[n+](Cc2ccc(C(CC(C)(C)C)C(C)(C)C)cc2)c1. The first-order chi connectivity index (χ1) is 12.1. The number of benzene rings is 1. The second-order valence-electron chi connectivity index (χ2n) is 10.1. The first-order valence-corrected chi connectivity index (χ1v) is 10.2. The molecule has 0 fully saturated rings. The minimum atomic E-state index is 0.278. The van der Waals surface area contributed by atoms with Gasteiger partial charge in [0.2, 0.25) is 6.33 Å². The minimum Gasteiger partial charge on any atom is -0.237 e. The van der Waals surface area contributed by atoms with Crippen LogP contribution in [0.1, 0.15) is 84.8 Å². The van der Waals surface area contributed by atoms with Crippen LogP contribution in [-0.2, 0) is 13.1 Å². The third kappa shape index (κ3) is 6.30. The quantitative estimate of drug-likeness (QED) is 0.524. The van der Waals surface area contributed by atoms with Crippen LogP contribution in [0.3, 0.4) is 0 Å². The molecule has 0 saturated carbocycles. The first-order valence-electron chi connectivity index (χ1n) is 10.2. The number of imidazole rings is 1. The van der Waals surface area contributed by atoms with Crippen LogP contribution >= 0.6 is 0 Å². The van der Waals surface area contributed by atoms with E-state index in [1.165, 1.54) is 30.4 Å². The minimum absolute atomic E-state index is 0.278. The summed E-state index contributed by atoms with van der Waals surface area (Å²) in [6, 6.07) is 9.33. The highest BCUT2D eigenvalue weighted by Gasteiger charge is 2.30. The molecular weight excluding hydrogens is 316 g/mol. The fourth-order valence-electron chi connectivity index (χ4n) is 3.61. The van der Waals surface area contributed by atoms with Gasteiger partial charge in [0, 0.05) is 0 Å². The van der Waals surface area contributed by atoms with Crippen molar-refractivity contribution >= 4 is 0 Å². The first kappa shape index (κ1) is 20.7. The Morgan fingerprint density at radius 3 is 2.19 bits per heavy atom. The molecule has 0 amide bonds. The third-order valence-corrected chi connectivity index (χ3v) is 5.13. The lowest BCUT2D eigenvalue weighted by Crippen LogP contribution is -2.31. The largest absolute Gasteiger partial charge is 0.244 e. The van der Waals surface area contributed by atoms with Gasteiger partial charge in [0.25, 0.3) is 0 Å². The van der Waals surface area contributed by atoms with Crippen LogP contribution in [0.25, 0.3) is 0 Å². The molecule has 0 bridgehead atoms. The fourth-order valence-corrected chi connectivity index (χ4v) is 3.61. The van der Waals surface area contributed by atoms with Crippen LogP contribution in [-0.4, -0.2) is 4.57 Å². The maximum Gasteiger partial charge on any atom is 0.244 e. The van der Waals surface area contributed by atoms with Gasteiger partial charge in [0.05, 0.1) is 6.54 Å². The van der Waals surface area contributed by atoms with Gasteiger partial charge >= 0.3 is 0 Å². The van der Waals surface area contributed by atoms with Gasteiger partial charge in [-0.05, 0) is 40.7 Å². The van der Waals surface area contributed by atoms with Crippen LogP contribution in [0.4, 0.5) is 0 Å². The number of unbranched alkanes of at least 4 members (excludes halogenated alkanes) is 1. The monoisotopic (exact) mass is 355 g/mol. The van der Waals surface area contributed by atoms with E-state index in [1.807, 2.05) is 0 Å². The molecule has 1 unspecified atom stereocenters. The number of hydrogen-bond acceptors (Lipinski definition) is 0. The summed E-state index contributed by atoms with van der Waals surface area (Å²) in [4.78, 5) is 0. The second-order valence-corrected chi connectivity index (χ2v) is 10.1. The number of hydrogen-bond donors (Lipinski definition) is 0. The summed E-state index contributed by atoms with van der Waals surface area (Å²) in [5.74, 6) is 0.583. The number of aromatic nitrogens is 2. The molecule has 2 aromatic rings. The van der Waals surface area contributed by atoms with Crippen LogP contribution in [0.5, 0.6) is 0 Å². The van der Waals surface area contributed by atoms with E-state index in [0.29, 0.717) is 11.3 Å². The molecule has 1 heterocycles. The predicted octanol–water partition coefficient (Wildman–Crippen LogP) is 6.19. The fraction of sp³-hybridized carbons (Fsp3) is 0.625. The molecule has 0 spiro atoms. The number of rotatable bonds is 7. The standard InChI is InChI=1S/C24H39N2/c1-8-9-14-25-15-16-26(19-25)18-20-10-12-21(13-11-20)22(24(5,6)7)17-23(2,3)4/h10-13,15-16,19,22H,8-9,14,17-18H2,1-7H3/q+1. The van der Waals surface area contributed by atoms with Crippen molar-refractivity contribution in [3.63, 3.8) is 0 Å². The molecule has 2 rings (SSSR count). The summed E-state index contributed by atoms with van der Waals surface area (Å²) in [7, 11) is 0. The summed E-state index contributed by atoms with van der Waals surface area (Å²) in [6.07, 6.45) is 10.3. The average Bonchev–Trinajstić information content (AvgIpc) is 2.97. The maximum absolute atomic E-state index is 2.37. The molecular formula is C24H39N2+. The van der Waals surface area contributed by atoms with Crippen molar-refractivity contribution in [3.05, 3.63) is 54.1 Å². The predicted molar refractivity (Wildman–Crippen MR) is 111 cm³/mol. The molecule has 1 aromatic carbocycles. The van der Waals surface area contributed by atoms with E-state index in [0.717, 1.165) is 13.1 Å². The summed E-state index contributed by atoms with van der Waals surface area (Å²) in [5, 5.41) is 0. The van der Waals surface area contributed by atoms with Gasteiger partial charge in [-0.3, -0.25) is 0 Å². The van der Waals surface area contributed by atoms with Gasteiger partial charge in [-0.15, -0.1) is 0 Å². The Bertz CT molecular complexity index is 665. The Morgan fingerprint density at radius 2 is 1.65 bits per heavy atom. The maximum atomic E-state index is 2.37. The molecule has 0 aliphatic carbocycles. The van der Waals surface area contributed by atoms with Gasteiger partial charge < -0.3 is 0 Å². The van der Waals surface area contributed by atoms with E-state index in [-0.39, 0.29) is 5.41 Å². The van der Waals surface area contributed by atoms with E-state index in [9.17, 15) is 0 Å². The molecule has 26 heavy (non-hydrogen) atoms. The Labute approximate surface area is 161 Å². The third-order valence-electron chi connectivity index (χ3n) is 5.13. The van der Waals surface area contributed by atoms with Gasteiger partial charge in [-0.1, -0.05) is 79.2 Å². The summed E-state index contributed by atoms with van der Waals surface area (Å²) in [6.45, 7) is 18.4. The van der Waals surface area contributed by atoms with Crippen molar-refractivity contribution in [1.29, 1.82) is 0 Å². The van der Waals surface area contributed by atoms with E-state index in [4.69, 9.17) is 0 Å². The van der Waals surface area contributed by atoms with E-state index < -0.39 is 0 Å². The highest BCUT2D eigenvalue weighted by molar-refractivity contribution is 5.26. The zero-order valence-electron chi connectivity index (χ0n) is 18.0. The molecule has 2 heteroatoms. The molecule has 144 valence electrons. The Hall–Kier alpha value is -1.57. The topological polar surface area (TPSA) is 8.81 Å². The van der Waals surface area contributed by atoms with Crippen molar-refractivity contribution < 1.29 is 4.57 Å². The van der Waals surface area contributed by atoms with Crippen molar-refractivity contribution in [2.45, 2.75) is 86.7 Å². The summed E-state index contributed by atoms with van der Waals surface area (Å²) in [5.41, 5.74) is 3.46. The van der Waals surface area contributed by atoms with Crippen LogP contribution in [0, 0.1) is 10.8 Å². The van der Waals surface area contributed by atoms with Crippen LogP contribution in [0.15, 0.2) is 43.0 Å². The second kappa shape index (κ2) is 8.41. The average molecular weight is 356 g/mol. The highest BCUT2D eigenvalue weighted by Crippen LogP contribution is 2.42. The lowest BCUT2D eigenvalue weighted by atomic mass is 9.69. The number of nitrogens with zero attached hydrogens (tertiary/aromatic N) is 2. The van der Waals surface area contributed by atoms with Gasteiger partial charge in [0.1, 0.15) is 18.9 Å². The summed E-state index contributed by atoms with van der Waals surface area (Å²) < 4.78 is 4.57. The van der Waals surface area contributed by atoms with Crippen LogP contribution in [0.2, 0.25) is 0 Å². The molecule has 0 radical (unpaired) electrons. The Morgan fingerprint density at radius 1 is 1.00 bits per heavy atom.